The van der Waals surface area contributed by atoms with Crippen LogP contribution in [0, 0.1) is 5.82 Å². The van der Waals surface area contributed by atoms with Gasteiger partial charge in [0.25, 0.3) is 0 Å². The fraction of sp³-hybridized carbons (Fsp3) is 0. The minimum atomic E-state index is -0.309. The number of halogens is 1. The van der Waals surface area contributed by atoms with Crippen molar-refractivity contribution >= 4 is 28.5 Å². The molecular weight excluding hydrogens is 313 g/mol. The minimum Gasteiger partial charge on any atom is -0.298 e. The molecule has 23 heavy (non-hydrogen) atoms. The largest absolute Gasteiger partial charge is 0.298 e. The quantitative estimate of drug-likeness (QED) is 0.738. The van der Waals surface area contributed by atoms with Crippen molar-refractivity contribution in [1.29, 1.82) is 0 Å². The standard InChI is InChI=1S/C17H12FN3OS/c18-13-7-4-12(5-8-13)6-9-16(22)21-17-20-15(11-23-17)14-3-1-2-10-19-14/h1-11H,(H,20,21,22). The Bertz CT molecular complexity index is 829. The zero-order chi connectivity index (χ0) is 16.1. The maximum absolute atomic E-state index is 12.8. The van der Waals surface area contributed by atoms with Crippen molar-refractivity contribution in [2.45, 2.75) is 0 Å². The predicted octanol–water partition coefficient (Wildman–Crippen LogP) is 4.00. The Morgan fingerprint density at radius 2 is 1.96 bits per heavy atom. The Morgan fingerprint density at radius 1 is 1.13 bits per heavy atom. The van der Waals surface area contributed by atoms with Crippen LogP contribution in [0.1, 0.15) is 5.56 Å². The van der Waals surface area contributed by atoms with Crippen LogP contribution in [0.15, 0.2) is 60.1 Å². The first-order chi connectivity index (χ1) is 11.2. The number of aromatic nitrogens is 2. The Kier molecular flexibility index (Phi) is 4.54. The van der Waals surface area contributed by atoms with Gasteiger partial charge in [-0.1, -0.05) is 18.2 Å². The van der Waals surface area contributed by atoms with Crippen LogP contribution in [0.4, 0.5) is 9.52 Å². The Balaban J connectivity index is 1.64. The van der Waals surface area contributed by atoms with Crippen molar-refractivity contribution in [2.75, 3.05) is 5.32 Å². The van der Waals surface area contributed by atoms with Crippen molar-refractivity contribution in [3.8, 4) is 11.4 Å². The van der Waals surface area contributed by atoms with Gasteiger partial charge in [-0.2, -0.15) is 0 Å². The number of amides is 1. The van der Waals surface area contributed by atoms with Crippen LogP contribution in [-0.2, 0) is 4.79 Å². The van der Waals surface area contributed by atoms with Gasteiger partial charge in [0.05, 0.1) is 5.69 Å². The highest BCUT2D eigenvalue weighted by molar-refractivity contribution is 7.14. The van der Waals surface area contributed by atoms with Gasteiger partial charge in [0.1, 0.15) is 11.5 Å². The molecule has 2 heterocycles. The molecule has 0 aliphatic rings. The number of carbonyl (C=O) groups excluding carboxylic acids is 1. The van der Waals surface area contributed by atoms with Crippen molar-refractivity contribution in [3.63, 3.8) is 0 Å². The first-order valence-electron chi connectivity index (χ1n) is 6.82. The van der Waals surface area contributed by atoms with Crippen LogP contribution in [-0.4, -0.2) is 15.9 Å². The van der Waals surface area contributed by atoms with Gasteiger partial charge < -0.3 is 0 Å². The van der Waals surface area contributed by atoms with E-state index in [0.29, 0.717) is 10.8 Å². The summed E-state index contributed by atoms with van der Waals surface area (Å²) in [5.74, 6) is -0.604. The molecule has 3 aromatic rings. The maximum atomic E-state index is 12.8. The van der Waals surface area contributed by atoms with E-state index in [0.717, 1.165) is 11.3 Å². The molecule has 0 unspecified atom stereocenters. The van der Waals surface area contributed by atoms with Crippen LogP contribution in [0.3, 0.4) is 0 Å². The summed E-state index contributed by atoms with van der Waals surface area (Å²) in [7, 11) is 0. The van der Waals surface area contributed by atoms with Crippen LogP contribution < -0.4 is 5.32 Å². The second kappa shape index (κ2) is 6.93. The van der Waals surface area contributed by atoms with Crippen LogP contribution in [0.2, 0.25) is 0 Å². The van der Waals surface area contributed by atoms with E-state index < -0.39 is 0 Å². The lowest BCUT2D eigenvalue weighted by Crippen LogP contribution is -2.07. The highest BCUT2D eigenvalue weighted by atomic mass is 32.1. The molecule has 0 saturated heterocycles. The molecular formula is C17H12FN3OS. The van der Waals surface area contributed by atoms with Gasteiger partial charge in [-0.3, -0.25) is 15.1 Å². The zero-order valence-corrected chi connectivity index (χ0v) is 12.8. The molecule has 0 aliphatic heterocycles. The van der Waals surface area contributed by atoms with Crippen LogP contribution >= 0.6 is 11.3 Å². The average Bonchev–Trinajstić information content (AvgIpc) is 3.04. The van der Waals surface area contributed by atoms with E-state index in [4.69, 9.17) is 0 Å². The smallest absolute Gasteiger partial charge is 0.250 e. The van der Waals surface area contributed by atoms with Gasteiger partial charge in [-0.25, -0.2) is 9.37 Å². The number of nitrogens with zero attached hydrogens (tertiary/aromatic N) is 2. The second-order valence-electron chi connectivity index (χ2n) is 4.63. The molecule has 0 spiro atoms. The van der Waals surface area contributed by atoms with Crippen molar-refractivity contribution in [3.05, 3.63) is 71.5 Å². The molecule has 0 atom stereocenters. The molecule has 0 saturated carbocycles. The summed E-state index contributed by atoms with van der Waals surface area (Å²) in [6, 6.07) is 11.5. The number of nitrogens with one attached hydrogen (secondary N) is 1. The number of rotatable bonds is 4. The molecule has 0 fully saturated rings. The van der Waals surface area contributed by atoms with Gasteiger partial charge in [-0.15, -0.1) is 11.3 Å². The summed E-state index contributed by atoms with van der Waals surface area (Å²) < 4.78 is 12.8. The van der Waals surface area contributed by atoms with Gasteiger partial charge in [0.2, 0.25) is 5.91 Å². The Morgan fingerprint density at radius 3 is 2.70 bits per heavy atom. The number of thiazole rings is 1. The molecule has 0 bridgehead atoms. The minimum absolute atomic E-state index is 0.295. The average molecular weight is 325 g/mol. The summed E-state index contributed by atoms with van der Waals surface area (Å²) in [6.07, 6.45) is 4.69. The van der Waals surface area contributed by atoms with Gasteiger partial charge >= 0.3 is 0 Å². The van der Waals surface area contributed by atoms with Crippen LogP contribution in [0.25, 0.3) is 17.5 Å². The Labute approximate surface area is 136 Å². The first-order valence-corrected chi connectivity index (χ1v) is 7.70. The van der Waals surface area contributed by atoms with E-state index in [1.807, 2.05) is 23.6 Å². The Hall–Kier alpha value is -2.86. The zero-order valence-electron chi connectivity index (χ0n) is 11.9. The number of benzene rings is 1. The summed E-state index contributed by atoms with van der Waals surface area (Å²) in [4.78, 5) is 20.4. The monoisotopic (exact) mass is 325 g/mol. The number of hydrogen-bond acceptors (Lipinski definition) is 4. The third-order valence-corrected chi connectivity index (χ3v) is 3.72. The molecule has 3 rings (SSSR count). The molecule has 0 radical (unpaired) electrons. The number of hydrogen-bond donors (Lipinski definition) is 1. The van der Waals surface area contributed by atoms with Gasteiger partial charge in [-0.05, 0) is 35.9 Å². The first kappa shape index (κ1) is 15.1. The van der Waals surface area contributed by atoms with Gasteiger partial charge in [0.15, 0.2) is 5.13 Å². The number of carbonyl (C=O) groups is 1. The summed E-state index contributed by atoms with van der Waals surface area (Å²) in [5, 5.41) is 5.03. The fourth-order valence-corrected chi connectivity index (χ4v) is 2.56. The van der Waals surface area contributed by atoms with Crippen molar-refractivity contribution in [2.24, 2.45) is 0 Å². The third kappa shape index (κ3) is 4.08. The van der Waals surface area contributed by atoms with E-state index in [9.17, 15) is 9.18 Å². The maximum Gasteiger partial charge on any atom is 0.250 e. The number of anilines is 1. The highest BCUT2D eigenvalue weighted by Gasteiger charge is 2.06. The molecule has 6 heteroatoms. The molecule has 4 nitrogen and oxygen atoms in total. The summed E-state index contributed by atoms with van der Waals surface area (Å²) >= 11 is 1.33. The topological polar surface area (TPSA) is 54.9 Å². The van der Waals surface area contributed by atoms with Crippen LogP contribution in [0.5, 0.6) is 0 Å². The highest BCUT2D eigenvalue weighted by Crippen LogP contribution is 2.23. The van der Waals surface area contributed by atoms with Crippen molar-refractivity contribution in [1.82, 2.24) is 9.97 Å². The lowest BCUT2D eigenvalue weighted by atomic mass is 10.2. The molecule has 1 amide bonds. The molecule has 2 aromatic heterocycles. The number of pyridine rings is 1. The molecule has 114 valence electrons. The molecule has 0 aliphatic carbocycles. The predicted molar refractivity (Wildman–Crippen MR) is 89.4 cm³/mol. The van der Waals surface area contributed by atoms with Gasteiger partial charge in [0, 0.05) is 17.7 Å². The third-order valence-electron chi connectivity index (χ3n) is 2.96. The molecule has 1 N–H and O–H groups in total. The normalized spacial score (nSPS) is 10.8. The van der Waals surface area contributed by atoms with E-state index in [2.05, 4.69) is 15.3 Å². The SMILES string of the molecule is O=C(C=Cc1ccc(F)cc1)Nc1nc(-c2ccccn2)cs1. The van der Waals surface area contributed by atoms with E-state index in [1.165, 1.54) is 29.5 Å². The lowest BCUT2D eigenvalue weighted by molar-refractivity contribution is -0.111. The second-order valence-corrected chi connectivity index (χ2v) is 5.49. The summed E-state index contributed by atoms with van der Waals surface area (Å²) in [5.41, 5.74) is 2.22. The van der Waals surface area contributed by atoms with E-state index in [-0.39, 0.29) is 11.7 Å². The summed E-state index contributed by atoms with van der Waals surface area (Å²) in [6.45, 7) is 0. The lowest BCUT2D eigenvalue weighted by Gasteiger charge is -1.97. The molecule has 1 aromatic carbocycles. The van der Waals surface area contributed by atoms with Crippen molar-refractivity contribution < 1.29 is 9.18 Å². The van der Waals surface area contributed by atoms with E-state index >= 15 is 0 Å². The van der Waals surface area contributed by atoms with E-state index in [1.54, 1.807) is 24.4 Å². The fourth-order valence-electron chi connectivity index (χ4n) is 1.86.